The van der Waals surface area contributed by atoms with Gasteiger partial charge in [0.05, 0.1) is 36.1 Å². The maximum atomic E-state index is 13.7. The average molecular weight is 499 g/mol. The van der Waals surface area contributed by atoms with Crippen molar-refractivity contribution in [2.75, 3.05) is 20.3 Å². The van der Waals surface area contributed by atoms with Crippen LogP contribution in [0.5, 0.6) is 11.5 Å². The molecule has 1 aromatic carbocycles. The Labute approximate surface area is 205 Å². The number of methoxy groups -OCH3 is 1. The number of thiophene rings is 1. The van der Waals surface area contributed by atoms with Gasteiger partial charge in [-0.3, -0.25) is 9.36 Å². The molecule has 2 aromatic heterocycles. The molecule has 4 rings (SSSR count). The largest absolute Gasteiger partial charge is 0.493 e. The Morgan fingerprint density at radius 1 is 1.24 bits per heavy atom. The fourth-order valence-corrected chi connectivity index (χ4v) is 5.63. The minimum absolute atomic E-state index is 0.211. The number of nitrogens with zero attached hydrogens (tertiary/aromatic N) is 2. The molecule has 0 spiro atoms. The summed E-state index contributed by atoms with van der Waals surface area (Å²) in [6.07, 6.45) is 2.65. The Kier molecular flexibility index (Phi) is 7.33. The quantitative estimate of drug-likeness (QED) is 0.443. The molecule has 0 unspecified atom stereocenters. The normalized spacial score (nSPS) is 15.6. The third kappa shape index (κ3) is 4.45. The van der Waals surface area contributed by atoms with Crippen molar-refractivity contribution in [3.63, 3.8) is 0 Å². The standard InChI is InChI=1S/C25H26N2O5S2/c1-5-12-32-22-17(10-7-11-18(22)30-4)21-20(24(29)31-6-2)15(3)26-25-27(21)23(28)19(34-25)14-16-9-8-13-33-16/h7-11,13-14,21H,5-6,12H2,1-4H3/b19-14-/t21-/m0/s1. The molecule has 0 N–H and O–H groups in total. The first-order valence-electron chi connectivity index (χ1n) is 11.0. The summed E-state index contributed by atoms with van der Waals surface area (Å²) < 4.78 is 19.1. The first-order valence-corrected chi connectivity index (χ1v) is 12.7. The lowest BCUT2D eigenvalue weighted by Crippen LogP contribution is -2.40. The van der Waals surface area contributed by atoms with Crippen molar-refractivity contribution >= 4 is 34.7 Å². The van der Waals surface area contributed by atoms with Gasteiger partial charge in [0, 0.05) is 10.4 Å². The minimum atomic E-state index is -0.761. The van der Waals surface area contributed by atoms with Crippen LogP contribution < -0.4 is 24.4 Å². The van der Waals surface area contributed by atoms with Crippen LogP contribution >= 0.6 is 22.7 Å². The number of rotatable bonds is 8. The second-order valence-corrected chi connectivity index (χ2v) is 9.53. The van der Waals surface area contributed by atoms with Crippen molar-refractivity contribution in [2.45, 2.75) is 33.2 Å². The molecule has 1 aliphatic heterocycles. The number of carbonyl (C=O) groups is 1. The molecule has 1 aliphatic rings. The van der Waals surface area contributed by atoms with Crippen molar-refractivity contribution < 1.29 is 19.0 Å². The second-order valence-electron chi connectivity index (χ2n) is 7.54. The zero-order valence-electron chi connectivity index (χ0n) is 19.5. The highest BCUT2D eigenvalue weighted by molar-refractivity contribution is 7.11. The van der Waals surface area contributed by atoms with Crippen molar-refractivity contribution in [2.24, 2.45) is 4.99 Å². The fourth-order valence-electron chi connectivity index (χ4n) is 3.86. The van der Waals surface area contributed by atoms with Gasteiger partial charge in [-0.1, -0.05) is 36.5 Å². The van der Waals surface area contributed by atoms with Gasteiger partial charge in [-0.2, -0.15) is 0 Å². The molecular formula is C25H26N2O5S2. The fraction of sp³-hybridized carbons (Fsp3) is 0.320. The lowest BCUT2D eigenvalue weighted by molar-refractivity contribution is -0.139. The molecular weight excluding hydrogens is 472 g/mol. The smallest absolute Gasteiger partial charge is 0.338 e. The lowest BCUT2D eigenvalue weighted by atomic mass is 9.94. The summed E-state index contributed by atoms with van der Waals surface area (Å²) in [7, 11) is 1.57. The van der Waals surface area contributed by atoms with Crippen molar-refractivity contribution in [1.29, 1.82) is 0 Å². The van der Waals surface area contributed by atoms with Gasteiger partial charge in [0.25, 0.3) is 5.56 Å². The summed E-state index contributed by atoms with van der Waals surface area (Å²) in [6, 6.07) is 8.61. The summed E-state index contributed by atoms with van der Waals surface area (Å²) in [5.74, 6) is 0.524. The van der Waals surface area contributed by atoms with E-state index in [0.717, 1.165) is 11.3 Å². The maximum absolute atomic E-state index is 13.7. The SMILES string of the molecule is CCCOc1c(OC)cccc1[C@H]1C(C(=O)OCC)=C(C)N=c2s/c(=C\c3cccs3)c(=O)n21. The van der Waals surface area contributed by atoms with Crippen LogP contribution in [0.4, 0.5) is 0 Å². The number of ether oxygens (including phenoxy) is 3. The van der Waals surface area contributed by atoms with Gasteiger partial charge in [0.2, 0.25) is 0 Å². The number of aromatic nitrogens is 1. The van der Waals surface area contributed by atoms with Gasteiger partial charge in [0.15, 0.2) is 16.3 Å². The van der Waals surface area contributed by atoms with Crippen LogP contribution in [0.15, 0.2) is 56.8 Å². The molecule has 178 valence electrons. The summed E-state index contributed by atoms with van der Waals surface area (Å²) >= 11 is 2.85. The van der Waals surface area contributed by atoms with Gasteiger partial charge >= 0.3 is 5.97 Å². The molecule has 9 heteroatoms. The topological polar surface area (TPSA) is 79.1 Å². The Morgan fingerprint density at radius 3 is 2.74 bits per heavy atom. The van der Waals surface area contributed by atoms with E-state index in [-0.39, 0.29) is 12.2 Å². The van der Waals surface area contributed by atoms with Crippen molar-refractivity contribution in [3.8, 4) is 11.5 Å². The summed E-state index contributed by atoms with van der Waals surface area (Å²) in [4.78, 5) is 32.9. The van der Waals surface area contributed by atoms with Crippen molar-refractivity contribution in [1.82, 2.24) is 4.57 Å². The molecule has 0 bridgehead atoms. The second kappa shape index (κ2) is 10.4. The van der Waals surface area contributed by atoms with E-state index in [9.17, 15) is 9.59 Å². The number of benzene rings is 1. The number of hydrogen-bond donors (Lipinski definition) is 0. The summed E-state index contributed by atoms with van der Waals surface area (Å²) in [6.45, 7) is 6.20. The molecule has 0 saturated carbocycles. The molecule has 0 amide bonds. The first-order chi connectivity index (χ1) is 16.5. The van der Waals surface area contributed by atoms with Crippen molar-refractivity contribution in [3.05, 3.63) is 77.1 Å². The number of thiazole rings is 1. The third-order valence-electron chi connectivity index (χ3n) is 5.31. The van der Waals surface area contributed by atoms with E-state index in [4.69, 9.17) is 14.2 Å². The zero-order chi connectivity index (χ0) is 24.2. The van der Waals surface area contributed by atoms with E-state index in [0.29, 0.717) is 44.3 Å². The number of fused-ring (bicyclic) bond motifs is 1. The van der Waals surface area contributed by atoms with Gasteiger partial charge in [-0.25, -0.2) is 9.79 Å². The van der Waals surface area contributed by atoms with Crippen LogP contribution in [0, 0.1) is 0 Å². The van der Waals surface area contributed by atoms with Gasteiger partial charge in [-0.05, 0) is 43.9 Å². The average Bonchev–Trinajstić information content (AvgIpc) is 3.44. The molecule has 7 nitrogen and oxygen atoms in total. The van der Waals surface area contributed by atoms with E-state index < -0.39 is 12.0 Å². The van der Waals surface area contributed by atoms with Crippen LogP contribution in [0.1, 0.15) is 43.7 Å². The van der Waals surface area contributed by atoms with Gasteiger partial charge in [-0.15, -0.1) is 11.3 Å². The summed E-state index contributed by atoms with van der Waals surface area (Å²) in [5.41, 5.74) is 1.25. The zero-order valence-corrected chi connectivity index (χ0v) is 21.1. The number of allylic oxidation sites excluding steroid dienone is 1. The Hall–Kier alpha value is -3.17. The Morgan fingerprint density at radius 2 is 2.06 bits per heavy atom. The van der Waals surface area contributed by atoms with Gasteiger partial charge in [0.1, 0.15) is 6.04 Å². The predicted octanol–water partition coefficient (Wildman–Crippen LogP) is 3.66. The predicted molar refractivity (Wildman–Crippen MR) is 133 cm³/mol. The summed E-state index contributed by atoms with van der Waals surface area (Å²) in [5, 5.41) is 1.96. The van der Waals surface area contributed by atoms with Crippen LogP contribution in [0.3, 0.4) is 0 Å². The molecule has 0 fully saturated rings. The third-order valence-corrected chi connectivity index (χ3v) is 7.11. The Bertz CT molecular complexity index is 1400. The molecule has 0 saturated heterocycles. The first kappa shape index (κ1) is 24.0. The number of hydrogen-bond acceptors (Lipinski definition) is 8. The highest BCUT2D eigenvalue weighted by atomic mass is 32.1. The van der Waals surface area contributed by atoms with Crippen LogP contribution in [-0.2, 0) is 9.53 Å². The molecule has 0 aliphatic carbocycles. The lowest BCUT2D eigenvalue weighted by Gasteiger charge is -2.27. The highest BCUT2D eigenvalue weighted by Gasteiger charge is 2.36. The minimum Gasteiger partial charge on any atom is -0.493 e. The van der Waals surface area contributed by atoms with Crippen LogP contribution in [0.25, 0.3) is 6.08 Å². The van der Waals surface area contributed by atoms with Crippen LogP contribution in [-0.4, -0.2) is 30.9 Å². The molecule has 1 atom stereocenters. The monoisotopic (exact) mass is 498 g/mol. The maximum Gasteiger partial charge on any atom is 0.338 e. The van der Waals surface area contributed by atoms with E-state index in [1.165, 1.54) is 11.3 Å². The van der Waals surface area contributed by atoms with E-state index in [1.807, 2.05) is 42.6 Å². The van der Waals surface area contributed by atoms with E-state index in [1.54, 1.807) is 42.9 Å². The molecule has 3 aromatic rings. The van der Waals surface area contributed by atoms with Gasteiger partial charge < -0.3 is 14.2 Å². The number of carbonyl (C=O) groups excluding carboxylic acids is 1. The molecule has 0 radical (unpaired) electrons. The Balaban J connectivity index is 2.01. The van der Waals surface area contributed by atoms with Crippen LogP contribution in [0.2, 0.25) is 0 Å². The highest BCUT2D eigenvalue weighted by Crippen LogP contribution is 2.40. The molecule has 34 heavy (non-hydrogen) atoms. The molecule has 3 heterocycles. The number of esters is 1. The number of para-hydroxylation sites is 1. The van der Waals surface area contributed by atoms with E-state index in [2.05, 4.69) is 4.99 Å². The van der Waals surface area contributed by atoms with E-state index >= 15 is 0 Å².